The first kappa shape index (κ1) is 14.1. The number of amides is 1. The number of nitrogens with two attached hydrogens (primary N) is 1. The van der Waals surface area contributed by atoms with Crippen LogP contribution in [0, 0.1) is 0 Å². The quantitative estimate of drug-likeness (QED) is 0.820. The number of carbonyl (C=O) groups is 1. The molecule has 2 rings (SSSR count). The van der Waals surface area contributed by atoms with E-state index in [0.29, 0.717) is 17.9 Å². The maximum Gasteiger partial charge on any atom is 0.241 e. The van der Waals surface area contributed by atoms with Gasteiger partial charge in [0.2, 0.25) is 5.91 Å². The maximum absolute atomic E-state index is 12.2. The van der Waals surface area contributed by atoms with Crippen LogP contribution in [-0.2, 0) is 11.3 Å². The van der Waals surface area contributed by atoms with E-state index in [2.05, 4.69) is 5.32 Å². The first-order chi connectivity index (χ1) is 9.56. The molecule has 1 amide bonds. The Hall–Kier alpha value is -2.27. The Morgan fingerprint density at radius 3 is 2.85 bits per heavy atom. The molecule has 1 aromatic heterocycles. The van der Waals surface area contributed by atoms with Crippen LogP contribution in [0.4, 0.5) is 11.4 Å². The van der Waals surface area contributed by atoms with Crippen molar-refractivity contribution in [2.75, 3.05) is 18.1 Å². The van der Waals surface area contributed by atoms with Crippen molar-refractivity contribution in [3.8, 4) is 0 Å². The summed E-state index contributed by atoms with van der Waals surface area (Å²) in [5, 5.41) is 2.85. The second-order valence-corrected chi connectivity index (χ2v) is 4.79. The van der Waals surface area contributed by atoms with E-state index in [-0.39, 0.29) is 11.9 Å². The molecule has 0 spiro atoms. The molecule has 5 nitrogen and oxygen atoms in total. The van der Waals surface area contributed by atoms with Crippen LogP contribution in [0.25, 0.3) is 0 Å². The summed E-state index contributed by atoms with van der Waals surface area (Å²) < 4.78 is 5.28. The van der Waals surface area contributed by atoms with Gasteiger partial charge in [0.25, 0.3) is 0 Å². The van der Waals surface area contributed by atoms with Gasteiger partial charge in [0.05, 0.1) is 18.8 Å². The van der Waals surface area contributed by atoms with Gasteiger partial charge in [-0.05, 0) is 44.3 Å². The molecule has 0 fully saturated rings. The number of hydrogen-bond acceptors (Lipinski definition) is 4. The zero-order valence-corrected chi connectivity index (χ0v) is 11.7. The van der Waals surface area contributed by atoms with Crippen molar-refractivity contribution in [2.45, 2.75) is 19.5 Å². The smallest absolute Gasteiger partial charge is 0.241 e. The Balaban J connectivity index is 1.94. The van der Waals surface area contributed by atoms with Crippen molar-refractivity contribution in [1.82, 2.24) is 4.90 Å². The predicted molar refractivity (Wildman–Crippen MR) is 79.1 cm³/mol. The van der Waals surface area contributed by atoms with Crippen molar-refractivity contribution in [3.63, 3.8) is 0 Å². The second kappa shape index (κ2) is 6.25. The van der Waals surface area contributed by atoms with Crippen molar-refractivity contribution in [3.05, 3.63) is 48.4 Å². The minimum absolute atomic E-state index is 0.0790. The standard InChI is InChI=1S/C15H19N3O2/c1-11(18(2)10-14-7-4-8-20-14)15(19)17-13-6-3-5-12(16)9-13/h3-9,11H,10,16H2,1-2H3,(H,17,19). The van der Waals surface area contributed by atoms with Crippen LogP contribution in [0.5, 0.6) is 0 Å². The van der Waals surface area contributed by atoms with E-state index in [1.54, 1.807) is 18.4 Å². The van der Waals surface area contributed by atoms with E-state index < -0.39 is 0 Å². The van der Waals surface area contributed by atoms with Crippen LogP contribution in [-0.4, -0.2) is 23.9 Å². The highest BCUT2D eigenvalue weighted by Crippen LogP contribution is 2.13. The zero-order valence-electron chi connectivity index (χ0n) is 11.7. The van der Waals surface area contributed by atoms with Gasteiger partial charge in [-0.2, -0.15) is 0 Å². The third kappa shape index (κ3) is 3.61. The molecule has 0 bridgehead atoms. The summed E-state index contributed by atoms with van der Waals surface area (Å²) in [7, 11) is 1.88. The van der Waals surface area contributed by atoms with Gasteiger partial charge in [0, 0.05) is 11.4 Å². The Bertz CT molecular complexity index is 566. The molecule has 1 aromatic carbocycles. The molecular formula is C15H19N3O2. The van der Waals surface area contributed by atoms with Crippen molar-refractivity contribution in [1.29, 1.82) is 0 Å². The van der Waals surface area contributed by atoms with Gasteiger partial charge < -0.3 is 15.5 Å². The summed E-state index contributed by atoms with van der Waals surface area (Å²) in [5.41, 5.74) is 7.01. The molecule has 0 radical (unpaired) electrons. The monoisotopic (exact) mass is 273 g/mol. The van der Waals surface area contributed by atoms with E-state index in [1.807, 2.05) is 43.1 Å². The van der Waals surface area contributed by atoms with Crippen LogP contribution in [0.2, 0.25) is 0 Å². The fraction of sp³-hybridized carbons (Fsp3) is 0.267. The topological polar surface area (TPSA) is 71.5 Å². The Morgan fingerprint density at radius 1 is 1.40 bits per heavy atom. The van der Waals surface area contributed by atoms with E-state index >= 15 is 0 Å². The molecule has 0 aliphatic rings. The molecular weight excluding hydrogens is 254 g/mol. The molecule has 0 aliphatic heterocycles. The van der Waals surface area contributed by atoms with E-state index in [4.69, 9.17) is 10.2 Å². The van der Waals surface area contributed by atoms with Gasteiger partial charge >= 0.3 is 0 Å². The first-order valence-corrected chi connectivity index (χ1v) is 6.45. The maximum atomic E-state index is 12.2. The van der Waals surface area contributed by atoms with Crippen LogP contribution >= 0.6 is 0 Å². The molecule has 20 heavy (non-hydrogen) atoms. The van der Waals surface area contributed by atoms with Gasteiger partial charge in [-0.1, -0.05) is 6.07 Å². The highest BCUT2D eigenvalue weighted by atomic mass is 16.3. The van der Waals surface area contributed by atoms with Gasteiger partial charge in [-0.25, -0.2) is 0 Å². The highest BCUT2D eigenvalue weighted by Gasteiger charge is 2.19. The summed E-state index contributed by atoms with van der Waals surface area (Å²) >= 11 is 0. The lowest BCUT2D eigenvalue weighted by atomic mass is 10.2. The predicted octanol–water partition coefficient (Wildman–Crippen LogP) is 2.32. The third-order valence-corrected chi connectivity index (χ3v) is 3.18. The molecule has 0 saturated heterocycles. The number of anilines is 2. The minimum atomic E-state index is -0.276. The fourth-order valence-corrected chi connectivity index (χ4v) is 1.85. The second-order valence-electron chi connectivity index (χ2n) is 4.79. The average Bonchev–Trinajstić information content (AvgIpc) is 2.90. The van der Waals surface area contributed by atoms with Gasteiger partial charge in [-0.15, -0.1) is 0 Å². The molecule has 1 unspecified atom stereocenters. The zero-order chi connectivity index (χ0) is 14.5. The van der Waals surface area contributed by atoms with E-state index in [0.717, 1.165) is 5.76 Å². The fourth-order valence-electron chi connectivity index (χ4n) is 1.85. The minimum Gasteiger partial charge on any atom is -0.468 e. The number of rotatable bonds is 5. The van der Waals surface area contributed by atoms with Crippen LogP contribution < -0.4 is 11.1 Å². The number of nitrogen functional groups attached to an aromatic ring is 1. The van der Waals surface area contributed by atoms with Gasteiger partial charge in [-0.3, -0.25) is 9.69 Å². The Morgan fingerprint density at radius 2 is 2.20 bits per heavy atom. The normalized spacial score (nSPS) is 12.3. The first-order valence-electron chi connectivity index (χ1n) is 6.45. The lowest BCUT2D eigenvalue weighted by Crippen LogP contribution is -2.39. The largest absolute Gasteiger partial charge is 0.468 e. The molecule has 1 heterocycles. The van der Waals surface area contributed by atoms with E-state index in [9.17, 15) is 4.79 Å². The summed E-state index contributed by atoms with van der Waals surface area (Å²) in [4.78, 5) is 14.1. The number of furan rings is 1. The molecule has 2 aromatic rings. The van der Waals surface area contributed by atoms with Crippen molar-refractivity contribution >= 4 is 17.3 Å². The summed E-state index contributed by atoms with van der Waals surface area (Å²) in [6, 6.07) is 10.6. The number of likely N-dealkylation sites (N-methyl/N-ethyl adjacent to an activating group) is 1. The SMILES string of the molecule is CC(C(=O)Nc1cccc(N)c1)N(C)Cc1ccco1. The van der Waals surface area contributed by atoms with Crippen molar-refractivity contribution in [2.24, 2.45) is 0 Å². The molecule has 106 valence electrons. The van der Waals surface area contributed by atoms with Crippen molar-refractivity contribution < 1.29 is 9.21 Å². The number of hydrogen-bond donors (Lipinski definition) is 2. The summed E-state index contributed by atoms with van der Waals surface area (Å²) in [5.74, 6) is 0.751. The lowest BCUT2D eigenvalue weighted by Gasteiger charge is -2.22. The molecule has 3 N–H and O–H groups in total. The molecule has 0 saturated carbocycles. The summed E-state index contributed by atoms with van der Waals surface area (Å²) in [6.45, 7) is 2.43. The third-order valence-electron chi connectivity index (χ3n) is 3.18. The molecule has 1 atom stereocenters. The van der Waals surface area contributed by atoms with Crippen LogP contribution in [0.3, 0.4) is 0 Å². The molecule has 0 aliphatic carbocycles. The van der Waals surface area contributed by atoms with Crippen LogP contribution in [0.1, 0.15) is 12.7 Å². The van der Waals surface area contributed by atoms with Crippen LogP contribution in [0.15, 0.2) is 47.1 Å². The van der Waals surface area contributed by atoms with Gasteiger partial charge in [0.1, 0.15) is 5.76 Å². The Labute approximate surface area is 118 Å². The molecule has 5 heteroatoms. The number of nitrogens with one attached hydrogen (secondary N) is 1. The van der Waals surface area contributed by atoms with E-state index in [1.165, 1.54) is 0 Å². The number of nitrogens with zero attached hydrogens (tertiary/aromatic N) is 1. The average molecular weight is 273 g/mol. The Kier molecular flexibility index (Phi) is 4.42. The number of carbonyl (C=O) groups excluding carboxylic acids is 1. The number of benzene rings is 1. The van der Waals surface area contributed by atoms with Gasteiger partial charge in [0.15, 0.2) is 0 Å². The lowest BCUT2D eigenvalue weighted by molar-refractivity contribution is -0.120. The highest BCUT2D eigenvalue weighted by molar-refractivity contribution is 5.94. The summed E-state index contributed by atoms with van der Waals surface area (Å²) in [6.07, 6.45) is 1.63.